The van der Waals surface area contributed by atoms with Crippen molar-refractivity contribution in [3.8, 4) is 0 Å². The van der Waals surface area contributed by atoms with Crippen molar-refractivity contribution in [2.45, 2.75) is 26.7 Å². The Balaban J connectivity index is -0.000000500. The summed E-state index contributed by atoms with van der Waals surface area (Å²) in [4.78, 5) is 10.5. The molecule has 3 nitrogen and oxygen atoms in total. The molecule has 0 aliphatic carbocycles. The van der Waals surface area contributed by atoms with Crippen LogP contribution in [0.2, 0.25) is 0 Å². The van der Waals surface area contributed by atoms with Crippen molar-refractivity contribution in [2.24, 2.45) is 9.41 Å². The molecule has 76 valence electrons. The van der Waals surface area contributed by atoms with Crippen molar-refractivity contribution < 1.29 is 66.6 Å². The van der Waals surface area contributed by atoms with Crippen LogP contribution < -0.4 is 0 Å². The molecule has 0 fully saturated rings. The molecule has 0 N–H and O–H groups in total. The van der Waals surface area contributed by atoms with Gasteiger partial charge in [-0.1, -0.05) is 0 Å². The van der Waals surface area contributed by atoms with Crippen LogP contribution in [0, 0.1) is 5.92 Å². The summed E-state index contributed by atoms with van der Waals surface area (Å²) in [6.07, 6.45) is 2.13. The first-order valence-electron chi connectivity index (χ1n) is 3.71. The predicted molar refractivity (Wildman–Crippen MR) is 40.1 cm³/mol. The van der Waals surface area contributed by atoms with Gasteiger partial charge in [-0.2, -0.15) is 0 Å². The first kappa shape index (κ1) is 19.8. The summed E-state index contributed by atoms with van der Waals surface area (Å²) in [7, 11) is 0. The van der Waals surface area contributed by atoms with Crippen molar-refractivity contribution in [1.82, 2.24) is 0 Å². The minimum absolute atomic E-state index is 0. The Bertz CT molecular complexity index is 142. The number of nitrogens with zero attached hydrogens (tertiary/aromatic N) is 2. The van der Waals surface area contributed by atoms with Gasteiger partial charge in [-0.05, 0) is 0 Å². The molecule has 0 spiro atoms. The van der Waals surface area contributed by atoms with E-state index in [2.05, 4.69) is 22.7 Å². The van der Waals surface area contributed by atoms with Gasteiger partial charge in [0.1, 0.15) is 0 Å². The van der Waals surface area contributed by atoms with Gasteiger partial charge in [0.05, 0.1) is 0 Å². The Hall–Kier alpha value is 1.33. The van der Waals surface area contributed by atoms with Crippen LogP contribution in [0.1, 0.15) is 26.7 Å². The number of carbonyl (C=O) groups excluding carboxylic acids is 1. The molecule has 0 aliphatic rings. The van der Waals surface area contributed by atoms with Gasteiger partial charge >= 0.3 is 78.4 Å². The second-order valence-corrected chi connectivity index (χ2v) is 3.45. The van der Waals surface area contributed by atoms with E-state index < -0.39 is 0 Å². The monoisotopic (exact) mass is 693 g/mol. The van der Waals surface area contributed by atoms with E-state index >= 15 is 0 Å². The average Bonchev–Trinajstić information content (AvgIpc) is 1.97. The number of urea groups is 1. The SMILES string of the molecule is CC(C)CCC[N-]C(=O)[N]=[W].[W].[W]. The predicted octanol–water partition coefficient (Wildman–Crippen LogP) is 2.64. The topological polar surface area (TPSA) is 43.5 Å². The summed E-state index contributed by atoms with van der Waals surface area (Å²) in [5.74, 6) is 0.699. The Kier molecular flexibility index (Phi) is 20.4. The third kappa shape index (κ3) is 16.0. The minimum atomic E-state index is -0.302. The van der Waals surface area contributed by atoms with Gasteiger partial charge in [-0.25, -0.2) is 0 Å². The maximum Gasteiger partial charge on any atom is 0 e. The van der Waals surface area contributed by atoms with Gasteiger partial charge in [0.2, 0.25) is 0 Å². The van der Waals surface area contributed by atoms with Crippen LogP contribution in [0.15, 0.2) is 3.50 Å². The Morgan fingerprint density at radius 3 is 2.38 bits per heavy atom. The maximum atomic E-state index is 10.5. The van der Waals surface area contributed by atoms with Crippen LogP contribution in [0.4, 0.5) is 4.79 Å². The van der Waals surface area contributed by atoms with Crippen LogP contribution in [-0.2, 0) is 61.8 Å². The molecule has 0 atom stereocenters. The molecule has 0 aromatic rings. The Labute approximate surface area is 119 Å². The molecular weight excluding hydrogens is 680 g/mol. The second-order valence-electron chi connectivity index (χ2n) is 2.79. The van der Waals surface area contributed by atoms with E-state index in [-0.39, 0.29) is 48.2 Å². The summed E-state index contributed by atoms with van der Waals surface area (Å²) in [5, 5.41) is 3.73. The zero-order chi connectivity index (χ0) is 8.69. The van der Waals surface area contributed by atoms with Crippen molar-refractivity contribution >= 4 is 6.03 Å². The molecule has 0 radical (unpaired) electrons. The van der Waals surface area contributed by atoms with Gasteiger partial charge in [-0.15, -0.1) is 0 Å². The smallest absolute Gasteiger partial charge is 0 e. The van der Waals surface area contributed by atoms with Gasteiger partial charge in [-0.3, -0.25) is 0 Å². The number of hydrogen-bond donors (Lipinski definition) is 0. The molecule has 6 heteroatoms. The van der Waals surface area contributed by atoms with Gasteiger partial charge in [0.25, 0.3) is 0 Å². The largest absolute Gasteiger partial charge is 0 e. The summed E-state index contributed by atoms with van der Waals surface area (Å²) in [5.41, 5.74) is 0. The fraction of sp³-hybridized carbons (Fsp3) is 0.857. The fourth-order valence-electron chi connectivity index (χ4n) is 0.703. The Morgan fingerprint density at radius 2 is 2.00 bits per heavy atom. The molecule has 0 heterocycles. The van der Waals surface area contributed by atoms with Gasteiger partial charge in [0, 0.05) is 42.1 Å². The van der Waals surface area contributed by atoms with E-state index in [0.717, 1.165) is 32.5 Å². The quantitative estimate of drug-likeness (QED) is 0.419. The molecule has 0 aromatic heterocycles. The van der Waals surface area contributed by atoms with Crippen molar-refractivity contribution in [3.05, 3.63) is 5.32 Å². The number of amides is 2. The number of rotatable bonds is 4. The molecular formula is C7H13N2OW3-. The minimum Gasteiger partial charge on any atom is 0 e. The van der Waals surface area contributed by atoms with Crippen LogP contribution in [0.25, 0.3) is 5.32 Å². The van der Waals surface area contributed by atoms with Crippen molar-refractivity contribution in [2.75, 3.05) is 6.54 Å². The molecule has 0 saturated carbocycles. The number of carbonyl (C=O) groups is 1. The van der Waals surface area contributed by atoms with Crippen LogP contribution in [0.5, 0.6) is 0 Å². The molecule has 0 bridgehead atoms. The average molecular weight is 693 g/mol. The third-order valence-corrected chi connectivity index (χ3v) is 1.83. The normalized spacial score (nSPS) is 8.23. The maximum absolute atomic E-state index is 10.5. The summed E-state index contributed by atoms with van der Waals surface area (Å²) in [6.45, 7) is 4.96. The summed E-state index contributed by atoms with van der Waals surface area (Å²) in [6, 6.07) is -0.302. The molecule has 13 heavy (non-hydrogen) atoms. The van der Waals surface area contributed by atoms with E-state index in [4.69, 9.17) is 0 Å². The van der Waals surface area contributed by atoms with E-state index in [1.165, 1.54) is 0 Å². The molecule has 0 saturated heterocycles. The molecule has 2 amide bonds. The standard InChI is InChI=1S/C7H14N2O.3W/c1-6(2)4-3-5-9-7(8)10;;;/h6H,3-5H2,1-2H3,(H,9,10);;;/p-1. The zero-order valence-corrected chi connectivity index (χ0v) is 16.5. The summed E-state index contributed by atoms with van der Waals surface area (Å²) >= 11 is 0.928. The van der Waals surface area contributed by atoms with E-state index in [0.29, 0.717) is 12.5 Å². The van der Waals surface area contributed by atoms with Crippen LogP contribution in [0.3, 0.4) is 0 Å². The zero-order valence-electron chi connectivity index (χ0n) is 7.73. The van der Waals surface area contributed by atoms with E-state index in [1.807, 2.05) is 0 Å². The first-order valence-corrected chi connectivity index (χ1v) is 5.02. The van der Waals surface area contributed by atoms with E-state index in [1.54, 1.807) is 0 Å². The third-order valence-electron chi connectivity index (χ3n) is 1.26. The van der Waals surface area contributed by atoms with Crippen molar-refractivity contribution in [3.63, 3.8) is 0 Å². The van der Waals surface area contributed by atoms with Gasteiger partial charge in [0.15, 0.2) is 0 Å². The van der Waals surface area contributed by atoms with Gasteiger partial charge < -0.3 is 0 Å². The summed E-state index contributed by atoms with van der Waals surface area (Å²) < 4.78 is 3.48. The van der Waals surface area contributed by atoms with Crippen LogP contribution in [-0.4, -0.2) is 12.6 Å². The first-order chi connectivity index (χ1) is 5.16. The Morgan fingerprint density at radius 1 is 1.46 bits per heavy atom. The number of hydrogen-bond acceptors (Lipinski definition) is 1. The van der Waals surface area contributed by atoms with E-state index in [9.17, 15) is 4.79 Å². The molecule has 0 aliphatic heterocycles. The molecule has 0 aromatic carbocycles. The molecule has 0 rings (SSSR count). The molecule has 0 unspecified atom stereocenters. The second kappa shape index (κ2) is 13.3. The van der Waals surface area contributed by atoms with Crippen molar-refractivity contribution in [1.29, 1.82) is 0 Å². The van der Waals surface area contributed by atoms with Crippen LogP contribution >= 0.6 is 0 Å². The fourth-order valence-corrected chi connectivity index (χ4v) is 0.911.